The second kappa shape index (κ2) is 9.54. The molecule has 1 heterocycles. The van der Waals surface area contributed by atoms with E-state index in [0.29, 0.717) is 36.7 Å². The maximum absolute atomic E-state index is 12.5. The molecule has 0 aliphatic carbocycles. The Hall–Kier alpha value is -3.61. The van der Waals surface area contributed by atoms with E-state index in [0.717, 1.165) is 11.3 Å². The topological polar surface area (TPSA) is 85.2 Å². The SMILES string of the molecule is CCOc1ccccc1NC(=O)c1cn(Cc2ccc(NC(=O)CC)cc2)cn1. The number of aromatic nitrogens is 2. The molecule has 2 aromatic carbocycles. The largest absolute Gasteiger partial charge is 0.492 e. The van der Waals surface area contributed by atoms with Crippen molar-refractivity contribution in [2.75, 3.05) is 17.2 Å². The molecule has 0 bridgehead atoms. The Balaban J connectivity index is 1.63. The van der Waals surface area contributed by atoms with Crippen molar-refractivity contribution in [3.05, 3.63) is 72.3 Å². The number of benzene rings is 2. The molecule has 0 spiro atoms. The van der Waals surface area contributed by atoms with Crippen LogP contribution in [0.3, 0.4) is 0 Å². The second-order valence-electron chi connectivity index (χ2n) is 6.41. The van der Waals surface area contributed by atoms with E-state index in [-0.39, 0.29) is 11.8 Å². The third-order valence-corrected chi connectivity index (χ3v) is 4.22. The molecule has 7 nitrogen and oxygen atoms in total. The Morgan fingerprint density at radius 3 is 2.52 bits per heavy atom. The fourth-order valence-electron chi connectivity index (χ4n) is 2.76. The van der Waals surface area contributed by atoms with Crippen molar-refractivity contribution in [3.63, 3.8) is 0 Å². The number of imidazole rings is 1. The maximum atomic E-state index is 12.5. The van der Waals surface area contributed by atoms with Gasteiger partial charge >= 0.3 is 0 Å². The molecule has 2 N–H and O–H groups in total. The van der Waals surface area contributed by atoms with Crippen LogP contribution in [0, 0.1) is 0 Å². The highest BCUT2D eigenvalue weighted by Gasteiger charge is 2.12. The van der Waals surface area contributed by atoms with E-state index in [9.17, 15) is 9.59 Å². The fraction of sp³-hybridized carbons (Fsp3) is 0.227. The van der Waals surface area contributed by atoms with Crippen LogP contribution in [0.25, 0.3) is 0 Å². The zero-order valence-corrected chi connectivity index (χ0v) is 16.5. The Bertz CT molecular complexity index is 980. The lowest BCUT2D eigenvalue weighted by Gasteiger charge is -2.10. The number of ether oxygens (including phenoxy) is 1. The Morgan fingerprint density at radius 2 is 1.79 bits per heavy atom. The number of amides is 2. The summed E-state index contributed by atoms with van der Waals surface area (Å²) in [5, 5.41) is 5.66. The van der Waals surface area contributed by atoms with Crippen LogP contribution in [0.5, 0.6) is 5.75 Å². The van der Waals surface area contributed by atoms with Crippen LogP contribution < -0.4 is 15.4 Å². The minimum Gasteiger partial charge on any atom is -0.492 e. The van der Waals surface area contributed by atoms with Crippen molar-refractivity contribution in [1.29, 1.82) is 0 Å². The van der Waals surface area contributed by atoms with Crippen molar-refractivity contribution in [1.82, 2.24) is 9.55 Å². The number of hydrogen-bond acceptors (Lipinski definition) is 4. The Morgan fingerprint density at radius 1 is 1.03 bits per heavy atom. The molecule has 7 heteroatoms. The zero-order chi connectivity index (χ0) is 20.6. The summed E-state index contributed by atoms with van der Waals surface area (Å²) in [7, 11) is 0. The predicted molar refractivity (Wildman–Crippen MR) is 112 cm³/mol. The highest BCUT2D eigenvalue weighted by atomic mass is 16.5. The number of nitrogens with zero attached hydrogens (tertiary/aromatic N) is 2. The zero-order valence-electron chi connectivity index (χ0n) is 16.5. The number of anilines is 2. The van der Waals surface area contributed by atoms with Gasteiger partial charge in [-0.1, -0.05) is 31.2 Å². The van der Waals surface area contributed by atoms with Crippen LogP contribution in [-0.4, -0.2) is 28.0 Å². The lowest BCUT2D eigenvalue weighted by molar-refractivity contribution is -0.115. The van der Waals surface area contributed by atoms with Gasteiger partial charge < -0.3 is 19.9 Å². The Kier molecular flexibility index (Phi) is 6.63. The number of nitrogens with one attached hydrogen (secondary N) is 2. The van der Waals surface area contributed by atoms with Crippen LogP contribution in [0.2, 0.25) is 0 Å². The molecular weight excluding hydrogens is 368 g/mol. The van der Waals surface area contributed by atoms with Gasteiger partial charge in [0.2, 0.25) is 5.91 Å². The van der Waals surface area contributed by atoms with Gasteiger partial charge in [-0.25, -0.2) is 4.98 Å². The lowest BCUT2D eigenvalue weighted by Crippen LogP contribution is -2.13. The normalized spacial score (nSPS) is 10.4. The van der Waals surface area contributed by atoms with Gasteiger partial charge in [-0.2, -0.15) is 0 Å². The smallest absolute Gasteiger partial charge is 0.275 e. The standard InChI is InChI=1S/C22H24N4O3/c1-3-21(27)24-17-11-9-16(10-12-17)13-26-14-19(23-15-26)22(28)25-18-7-5-6-8-20(18)29-4-2/h5-12,14-15H,3-4,13H2,1-2H3,(H,24,27)(H,25,28). The van der Waals surface area contributed by atoms with Gasteiger partial charge in [-0.15, -0.1) is 0 Å². The molecule has 0 unspecified atom stereocenters. The van der Waals surface area contributed by atoms with Crippen molar-refractivity contribution in [3.8, 4) is 5.75 Å². The van der Waals surface area contributed by atoms with Crippen molar-refractivity contribution < 1.29 is 14.3 Å². The summed E-state index contributed by atoms with van der Waals surface area (Å²) in [6, 6.07) is 14.9. The van der Waals surface area contributed by atoms with Crippen LogP contribution in [0.15, 0.2) is 61.1 Å². The predicted octanol–water partition coefficient (Wildman–Crippen LogP) is 3.93. The third-order valence-electron chi connectivity index (χ3n) is 4.22. The molecule has 29 heavy (non-hydrogen) atoms. The molecule has 0 aliphatic rings. The van der Waals surface area contributed by atoms with E-state index in [4.69, 9.17) is 4.74 Å². The second-order valence-corrected chi connectivity index (χ2v) is 6.41. The van der Waals surface area contributed by atoms with Crippen LogP contribution in [0.1, 0.15) is 36.3 Å². The molecule has 3 aromatic rings. The average molecular weight is 392 g/mol. The highest BCUT2D eigenvalue weighted by Crippen LogP contribution is 2.24. The van der Waals surface area contributed by atoms with E-state index < -0.39 is 0 Å². The van der Waals surface area contributed by atoms with Crippen LogP contribution in [0.4, 0.5) is 11.4 Å². The first kappa shape index (κ1) is 20.1. The molecule has 150 valence electrons. The number of carbonyl (C=O) groups excluding carboxylic acids is 2. The van der Waals surface area contributed by atoms with Gasteiger partial charge in [0.15, 0.2) is 0 Å². The summed E-state index contributed by atoms with van der Waals surface area (Å²) in [6.07, 6.45) is 3.76. The maximum Gasteiger partial charge on any atom is 0.275 e. The quantitative estimate of drug-likeness (QED) is 0.608. The number of para-hydroxylation sites is 2. The molecular formula is C22H24N4O3. The van der Waals surface area contributed by atoms with Gasteiger partial charge in [-0.05, 0) is 36.8 Å². The highest BCUT2D eigenvalue weighted by molar-refractivity contribution is 6.03. The van der Waals surface area contributed by atoms with Crippen LogP contribution >= 0.6 is 0 Å². The molecule has 0 saturated heterocycles. The minimum absolute atomic E-state index is 0.0195. The molecule has 0 saturated carbocycles. The fourth-order valence-corrected chi connectivity index (χ4v) is 2.76. The summed E-state index contributed by atoms with van der Waals surface area (Å²) in [5.74, 6) is 0.306. The first-order chi connectivity index (χ1) is 14.1. The van der Waals surface area contributed by atoms with E-state index in [1.54, 1.807) is 18.6 Å². The van der Waals surface area contributed by atoms with Crippen molar-refractivity contribution in [2.24, 2.45) is 0 Å². The van der Waals surface area contributed by atoms with Gasteiger partial charge in [-0.3, -0.25) is 9.59 Å². The summed E-state index contributed by atoms with van der Waals surface area (Å²) in [4.78, 5) is 28.2. The summed E-state index contributed by atoms with van der Waals surface area (Å²) >= 11 is 0. The number of rotatable bonds is 8. The summed E-state index contributed by atoms with van der Waals surface area (Å²) < 4.78 is 7.37. The molecule has 0 aliphatic heterocycles. The van der Waals surface area contributed by atoms with Crippen molar-refractivity contribution in [2.45, 2.75) is 26.8 Å². The minimum atomic E-state index is -0.298. The molecule has 0 fully saturated rings. The van der Waals surface area contributed by atoms with E-state index in [1.165, 1.54) is 0 Å². The van der Waals surface area contributed by atoms with E-state index >= 15 is 0 Å². The van der Waals surface area contributed by atoms with Gasteiger partial charge in [0.1, 0.15) is 11.4 Å². The van der Waals surface area contributed by atoms with E-state index in [1.807, 2.05) is 60.9 Å². The lowest BCUT2D eigenvalue weighted by atomic mass is 10.2. The Labute approximate surface area is 169 Å². The molecule has 1 aromatic heterocycles. The molecule has 3 rings (SSSR count). The molecule has 2 amide bonds. The first-order valence-corrected chi connectivity index (χ1v) is 9.52. The van der Waals surface area contributed by atoms with E-state index in [2.05, 4.69) is 15.6 Å². The summed E-state index contributed by atoms with van der Waals surface area (Å²) in [5.41, 5.74) is 2.73. The average Bonchev–Trinajstić information content (AvgIpc) is 3.19. The van der Waals surface area contributed by atoms with Gasteiger partial charge in [0.05, 0.1) is 18.6 Å². The van der Waals surface area contributed by atoms with Gasteiger partial charge in [0, 0.05) is 24.8 Å². The summed E-state index contributed by atoms with van der Waals surface area (Å²) in [6.45, 7) is 4.79. The third kappa shape index (κ3) is 5.44. The number of carbonyl (C=O) groups is 2. The number of hydrogen-bond donors (Lipinski definition) is 2. The monoisotopic (exact) mass is 392 g/mol. The molecule has 0 radical (unpaired) electrons. The van der Waals surface area contributed by atoms with Crippen LogP contribution in [-0.2, 0) is 11.3 Å². The van der Waals surface area contributed by atoms with Crippen molar-refractivity contribution >= 4 is 23.2 Å². The van der Waals surface area contributed by atoms with Gasteiger partial charge in [0.25, 0.3) is 5.91 Å². The molecule has 0 atom stereocenters. The first-order valence-electron chi connectivity index (χ1n) is 9.52.